The molecule has 24 heavy (non-hydrogen) atoms. The lowest BCUT2D eigenvalue weighted by atomic mass is 9.92. The number of amides is 1. The monoisotopic (exact) mass is 334 g/mol. The average Bonchev–Trinajstić information content (AvgIpc) is 3.10. The van der Waals surface area contributed by atoms with Crippen LogP contribution >= 0.6 is 0 Å². The molecule has 9 heteroatoms. The first-order chi connectivity index (χ1) is 11.4. The van der Waals surface area contributed by atoms with Crippen LogP contribution in [0.3, 0.4) is 0 Å². The van der Waals surface area contributed by atoms with Crippen molar-refractivity contribution < 1.29 is 23.9 Å². The number of nitrogens with two attached hydrogens (primary N) is 1. The number of carbonyl (C=O) groups excluding carboxylic acids is 3. The number of aromatic nitrogens is 2. The van der Waals surface area contributed by atoms with Crippen LogP contribution < -0.4 is 5.73 Å². The number of primary amides is 1. The second-order valence-corrected chi connectivity index (χ2v) is 5.74. The first-order valence-electron chi connectivity index (χ1n) is 7.65. The third-order valence-electron chi connectivity index (χ3n) is 4.60. The summed E-state index contributed by atoms with van der Waals surface area (Å²) in [5.41, 5.74) is 3.16. The Morgan fingerprint density at radius 3 is 2.46 bits per heavy atom. The molecule has 0 radical (unpaired) electrons. The van der Waals surface area contributed by atoms with E-state index in [0.29, 0.717) is 5.71 Å². The molecule has 1 aliphatic carbocycles. The summed E-state index contributed by atoms with van der Waals surface area (Å²) in [6, 6.07) is 0. The number of esters is 2. The lowest BCUT2D eigenvalue weighted by Gasteiger charge is -2.27. The van der Waals surface area contributed by atoms with E-state index in [0.717, 1.165) is 0 Å². The summed E-state index contributed by atoms with van der Waals surface area (Å²) < 4.78 is 11.6. The zero-order chi connectivity index (χ0) is 17.7. The molecule has 9 nitrogen and oxygen atoms in total. The number of rotatable bonds is 5. The van der Waals surface area contributed by atoms with Gasteiger partial charge < -0.3 is 15.2 Å². The predicted octanol–water partition coefficient (Wildman–Crippen LogP) is 0.300. The third kappa shape index (κ3) is 1.72. The van der Waals surface area contributed by atoms with Crippen LogP contribution in [-0.4, -0.2) is 46.6 Å². The highest BCUT2D eigenvalue weighted by Gasteiger charge is 2.83. The van der Waals surface area contributed by atoms with E-state index >= 15 is 0 Å². The minimum absolute atomic E-state index is 0.0855. The summed E-state index contributed by atoms with van der Waals surface area (Å²) in [5.74, 6) is -1.71. The van der Waals surface area contributed by atoms with Gasteiger partial charge in [-0.1, -0.05) is 0 Å². The maximum Gasteiger partial charge on any atom is 0.335 e. The molecule has 1 aromatic rings. The summed E-state index contributed by atoms with van der Waals surface area (Å²) in [5, 5.41) is 4.10. The van der Waals surface area contributed by atoms with Gasteiger partial charge >= 0.3 is 11.9 Å². The number of aliphatic imine (C=N–C) groups is 1. The zero-order valence-corrected chi connectivity index (χ0v) is 13.7. The largest absolute Gasteiger partial charge is 0.465 e. The average molecular weight is 334 g/mol. The molecular weight excluding hydrogens is 316 g/mol. The van der Waals surface area contributed by atoms with Gasteiger partial charge in [-0.2, -0.15) is 5.10 Å². The molecule has 2 unspecified atom stereocenters. The van der Waals surface area contributed by atoms with Gasteiger partial charge in [-0.15, -0.1) is 0 Å². The maximum absolute atomic E-state index is 12.7. The van der Waals surface area contributed by atoms with Crippen molar-refractivity contribution in [3.05, 3.63) is 11.8 Å². The molecule has 2 aliphatic rings. The van der Waals surface area contributed by atoms with E-state index in [1.54, 1.807) is 20.8 Å². The fraction of sp³-hybridized carbons (Fsp3) is 0.533. The molecule has 2 atom stereocenters. The van der Waals surface area contributed by atoms with E-state index in [2.05, 4.69) is 10.1 Å². The second kappa shape index (κ2) is 5.15. The van der Waals surface area contributed by atoms with Crippen LogP contribution in [0.2, 0.25) is 0 Å². The molecule has 128 valence electrons. The van der Waals surface area contributed by atoms with Crippen LogP contribution in [0.5, 0.6) is 0 Å². The summed E-state index contributed by atoms with van der Waals surface area (Å²) in [6.07, 6.45) is 1.37. The van der Waals surface area contributed by atoms with Crippen molar-refractivity contribution in [2.45, 2.75) is 32.7 Å². The fourth-order valence-corrected chi connectivity index (χ4v) is 3.41. The molecule has 2 heterocycles. The summed E-state index contributed by atoms with van der Waals surface area (Å²) >= 11 is 0. The highest BCUT2D eigenvalue weighted by Crippen LogP contribution is 2.67. The van der Waals surface area contributed by atoms with Crippen molar-refractivity contribution in [3.63, 3.8) is 0 Å². The van der Waals surface area contributed by atoms with Crippen LogP contribution in [0, 0.1) is 5.41 Å². The molecule has 0 spiro atoms. The minimum Gasteiger partial charge on any atom is -0.465 e. The third-order valence-corrected chi connectivity index (χ3v) is 4.60. The molecule has 1 aliphatic heterocycles. The number of ether oxygens (including phenoxy) is 2. The summed E-state index contributed by atoms with van der Waals surface area (Å²) in [4.78, 5) is 41.2. The molecule has 2 N–H and O–H groups in total. The minimum atomic E-state index is -1.38. The van der Waals surface area contributed by atoms with Crippen LogP contribution in [-0.2, 0) is 24.6 Å². The van der Waals surface area contributed by atoms with Gasteiger partial charge in [0.15, 0.2) is 11.4 Å². The van der Waals surface area contributed by atoms with Gasteiger partial charge in [-0.3, -0.25) is 9.59 Å². The number of fused-ring (bicyclic) bond motifs is 3. The van der Waals surface area contributed by atoms with Crippen molar-refractivity contribution in [1.29, 1.82) is 0 Å². The highest BCUT2D eigenvalue weighted by molar-refractivity contribution is 6.18. The van der Waals surface area contributed by atoms with E-state index in [1.807, 2.05) is 0 Å². The second-order valence-electron chi connectivity index (χ2n) is 5.74. The van der Waals surface area contributed by atoms with E-state index in [-0.39, 0.29) is 31.0 Å². The van der Waals surface area contributed by atoms with E-state index in [4.69, 9.17) is 15.2 Å². The first kappa shape index (κ1) is 16.2. The summed E-state index contributed by atoms with van der Waals surface area (Å²) in [7, 11) is 0. The Bertz CT molecular complexity index is 783. The molecule has 1 aromatic heterocycles. The Hall–Kier alpha value is -2.71. The SMILES string of the molecule is CCOC(=O)C12CC1(C(=O)OCC)n1ncc(C(N)=O)c1N=C2C. The van der Waals surface area contributed by atoms with Crippen molar-refractivity contribution in [2.24, 2.45) is 16.1 Å². The molecule has 0 bridgehead atoms. The molecule has 1 saturated carbocycles. The van der Waals surface area contributed by atoms with Crippen LogP contribution in [0.15, 0.2) is 11.2 Å². The highest BCUT2D eigenvalue weighted by atomic mass is 16.5. The van der Waals surface area contributed by atoms with Crippen molar-refractivity contribution >= 4 is 29.4 Å². The predicted molar refractivity (Wildman–Crippen MR) is 81.8 cm³/mol. The fourth-order valence-electron chi connectivity index (χ4n) is 3.41. The van der Waals surface area contributed by atoms with Crippen molar-refractivity contribution in [1.82, 2.24) is 9.78 Å². The quantitative estimate of drug-likeness (QED) is 0.772. The van der Waals surface area contributed by atoms with Gasteiger partial charge in [0.25, 0.3) is 5.91 Å². The summed E-state index contributed by atoms with van der Waals surface area (Å²) in [6.45, 7) is 5.30. The number of hydrogen-bond acceptors (Lipinski definition) is 7. The van der Waals surface area contributed by atoms with Crippen molar-refractivity contribution in [3.8, 4) is 0 Å². The van der Waals surface area contributed by atoms with E-state index in [1.165, 1.54) is 10.9 Å². The Labute approximate surface area is 137 Å². The molecule has 3 rings (SSSR count). The Morgan fingerprint density at radius 1 is 1.25 bits per heavy atom. The van der Waals surface area contributed by atoms with Gasteiger partial charge in [0.1, 0.15) is 11.0 Å². The Kier molecular flexibility index (Phi) is 3.47. The number of nitrogens with zero attached hydrogens (tertiary/aromatic N) is 3. The number of carbonyl (C=O) groups is 3. The Balaban J connectivity index is 2.21. The van der Waals surface area contributed by atoms with E-state index in [9.17, 15) is 14.4 Å². The normalized spacial score (nSPS) is 26.7. The standard InChI is InChI=1S/C15H18N4O5/c1-4-23-12(21)14-7-15(14,13(22)24-5-2)19-11(18-8(14)3)9(6-17-19)10(16)20/h6H,4-5,7H2,1-3H3,(H2,16,20). The van der Waals surface area contributed by atoms with Crippen LogP contribution in [0.1, 0.15) is 37.6 Å². The van der Waals surface area contributed by atoms with E-state index < -0.39 is 28.8 Å². The lowest BCUT2D eigenvalue weighted by Crippen LogP contribution is -2.45. The first-order valence-corrected chi connectivity index (χ1v) is 7.65. The smallest absolute Gasteiger partial charge is 0.335 e. The zero-order valence-electron chi connectivity index (χ0n) is 13.7. The molecular formula is C15H18N4O5. The van der Waals surface area contributed by atoms with Gasteiger partial charge in [0, 0.05) is 12.1 Å². The van der Waals surface area contributed by atoms with Crippen LogP contribution in [0.25, 0.3) is 0 Å². The molecule has 1 fully saturated rings. The van der Waals surface area contributed by atoms with Gasteiger partial charge in [0.05, 0.1) is 19.4 Å². The number of hydrogen-bond donors (Lipinski definition) is 1. The molecule has 0 saturated heterocycles. The molecule has 0 aromatic carbocycles. The maximum atomic E-state index is 12.7. The van der Waals surface area contributed by atoms with Crippen LogP contribution in [0.4, 0.5) is 5.82 Å². The topological polar surface area (TPSA) is 126 Å². The molecule has 1 amide bonds. The van der Waals surface area contributed by atoms with Gasteiger partial charge in [-0.25, -0.2) is 14.5 Å². The Morgan fingerprint density at radius 2 is 1.88 bits per heavy atom. The lowest BCUT2D eigenvalue weighted by molar-refractivity contribution is -0.157. The van der Waals surface area contributed by atoms with Crippen molar-refractivity contribution in [2.75, 3.05) is 13.2 Å². The van der Waals surface area contributed by atoms with Gasteiger partial charge in [0.2, 0.25) is 0 Å². The van der Waals surface area contributed by atoms with Gasteiger partial charge in [-0.05, 0) is 20.8 Å².